The van der Waals surface area contributed by atoms with Crippen molar-refractivity contribution in [1.82, 2.24) is 14.9 Å². The van der Waals surface area contributed by atoms with E-state index in [9.17, 15) is 13.2 Å². The van der Waals surface area contributed by atoms with Crippen molar-refractivity contribution in [1.29, 1.82) is 0 Å². The van der Waals surface area contributed by atoms with Crippen molar-refractivity contribution in [3.8, 4) is 0 Å². The molecule has 1 aromatic carbocycles. The van der Waals surface area contributed by atoms with Crippen molar-refractivity contribution < 1.29 is 13.2 Å². The summed E-state index contributed by atoms with van der Waals surface area (Å²) in [5.74, 6) is 1.68. The Balaban J connectivity index is 1.64. The zero-order valence-electron chi connectivity index (χ0n) is 14.9. The van der Waals surface area contributed by atoms with Crippen LogP contribution >= 0.6 is 0 Å². The maximum atomic E-state index is 13.1. The minimum atomic E-state index is -4.32. The van der Waals surface area contributed by atoms with E-state index in [-0.39, 0.29) is 0 Å². The fourth-order valence-electron chi connectivity index (χ4n) is 3.07. The molecule has 0 amide bonds. The molecular formula is C18H22F3N5. The van der Waals surface area contributed by atoms with Gasteiger partial charge in [0, 0.05) is 52.9 Å². The molecule has 3 rings (SSSR count). The summed E-state index contributed by atoms with van der Waals surface area (Å²) in [4.78, 5) is 14.6. The van der Waals surface area contributed by atoms with Crippen LogP contribution in [0.4, 0.5) is 24.8 Å². The van der Waals surface area contributed by atoms with Gasteiger partial charge in [0.1, 0.15) is 18.0 Å². The van der Waals surface area contributed by atoms with Gasteiger partial charge in [0.15, 0.2) is 0 Å². The van der Waals surface area contributed by atoms with Crippen LogP contribution in [0, 0.1) is 0 Å². The number of halogens is 3. The van der Waals surface area contributed by atoms with E-state index < -0.39 is 11.7 Å². The van der Waals surface area contributed by atoms with Gasteiger partial charge in [-0.1, -0.05) is 18.2 Å². The summed E-state index contributed by atoms with van der Waals surface area (Å²) in [6, 6.07) is 7.72. The molecule has 140 valence electrons. The van der Waals surface area contributed by atoms with E-state index in [4.69, 9.17) is 0 Å². The number of hydrogen-bond acceptors (Lipinski definition) is 5. The second-order valence-corrected chi connectivity index (χ2v) is 6.55. The van der Waals surface area contributed by atoms with E-state index in [0.29, 0.717) is 25.2 Å². The normalized spacial score (nSPS) is 16.0. The largest absolute Gasteiger partial charge is 0.416 e. The highest BCUT2D eigenvalue weighted by Gasteiger charge is 2.33. The van der Waals surface area contributed by atoms with Crippen LogP contribution in [0.25, 0.3) is 0 Å². The molecule has 1 fully saturated rings. The topological polar surface area (TPSA) is 35.5 Å². The lowest BCUT2D eigenvalue weighted by molar-refractivity contribution is -0.138. The van der Waals surface area contributed by atoms with Crippen molar-refractivity contribution in [3.05, 3.63) is 47.8 Å². The van der Waals surface area contributed by atoms with Crippen LogP contribution < -0.4 is 9.80 Å². The summed E-state index contributed by atoms with van der Waals surface area (Å²) in [7, 11) is 3.84. The lowest BCUT2D eigenvalue weighted by atomic mass is 10.1. The molecule has 0 atom stereocenters. The molecule has 8 heteroatoms. The van der Waals surface area contributed by atoms with Gasteiger partial charge in [0.05, 0.1) is 5.56 Å². The lowest BCUT2D eigenvalue weighted by Crippen LogP contribution is -2.46. The molecule has 0 radical (unpaired) electrons. The van der Waals surface area contributed by atoms with Gasteiger partial charge in [-0.15, -0.1) is 0 Å². The summed E-state index contributed by atoms with van der Waals surface area (Å²) in [5.41, 5.74) is -0.223. The number of piperazine rings is 1. The van der Waals surface area contributed by atoms with Gasteiger partial charge < -0.3 is 9.80 Å². The first kappa shape index (κ1) is 18.4. The molecule has 0 bridgehead atoms. The SMILES string of the molecule is CN(C)c1cc(N2CCN(Cc3ccccc3C(F)(F)F)CC2)ncn1. The van der Waals surface area contributed by atoms with E-state index in [1.165, 1.54) is 12.4 Å². The molecule has 1 aromatic heterocycles. The molecule has 26 heavy (non-hydrogen) atoms. The maximum Gasteiger partial charge on any atom is 0.416 e. The third-order valence-corrected chi connectivity index (χ3v) is 4.51. The molecule has 0 saturated carbocycles. The highest BCUT2D eigenvalue weighted by atomic mass is 19.4. The zero-order chi connectivity index (χ0) is 18.7. The van der Waals surface area contributed by atoms with Gasteiger partial charge in [-0.2, -0.15) is 13.2 Å². The maximum absolute atomic E-state index is 13.1. The average Bonchev–Trinajstić information content (AvgIpc) is 2.62. The van der Waals surface area contributed by atoms with Gasteiger partial charge >= 0.3 is 6.18 Å². The Morgan fingerprint density at radius 1 is 1.04 bits per heavy atom. The molecule has 2 heterocycles. The number of hydrogen-bond donors (Lipinski definition) is 0. The average molecular weight is 365 g/mol. The van der Waals surface area contributed by atoms with E-state index in [2.05, 4.69) is 19.8 Å². The van der Waals surface area contributed by atoms with Crippen molar-refractivity contribution >= 4 is 11.6 Å². The number of alkyl halides is 3. The fraction of sp³-hybridized carbons (Fsp3) is 0.444. The third kappa shape index (κ3) is 4.24. The second kappa shape index (κ2) is 7.49. The van der Waals surface area contributed by atoms with Crippen molar-refractivity contribution in [2.24, 2.45) is 0 Å². The van der Waals surface area contributed by atoms with Gasteiger partial charge in [-0.3, -0.25) is 4.90 Å². The summed E-state index contributed by atoms with van der Waals surface area (Å²) < 4.78 is 39.4. The minimum Gasteiger partial charge on any atom is -0.363 e. The smallest absolute Gasteiger partial charge is 0.363 e. The van der Waals surface area contributed by atoms with Crippen LogP contribution in [0.3, 0.4) is 0 Å². The molecule has 0 N–H and O–H groups in total. The molecule has 0 aliphatic carbocycles. The summed E-state index contributed by atoms with van der Waals surface area (Å²) >= 11 is 0. The Morgan fingerprint density at radius 3 is 2.38 bits per heavy atom. The van der Waals surface area contributed by atoms with Gasteiger partial charge in [-0.25, -0.2) is 9.97 Å². The Morgan fingerprint density at radius 2 is 1.73 bits per heavy atom. The quantitative estimate of drug-likeness (QED) is 0.833. The van der Waals surface area contributed by atoms with Crippen LogP contribution in [0.5, 0.6) is 0 Å². The summed E-state index contributed by atoms with van der Waals surface area (Å²) in [6.07, 6.45) is -2.78. The number of aromatic nitrogens is 2. The highest BCUT2D eigenvalue weighted by Crippen LogP contribution is 2.32. The number of nitrogens with zero attached hydrogens (tertiary/aromatic N) is 5. The van der Waals surface area contributed by atoms with E-state index >= 15 is 0 Å². The van der Waals surface area contributed by atoms with Gasteiger partial charge in [-0.05, 0) is 11.6 Å². The molecule has 1 aliphatic heterocycles. The standard InChI is InChI=1S/C18H22F3N5/c1-24(2)16-11-17(23-13-22-16)26-9-7-25(8-10-26)12-14-5-3-4-6-15(14)18(19,20)21/h3-6,11,13H,7-10,12H2,1-2H3. The molecule has 5 nitrogen and oxygen atoms in total. The summed E-state index contributed by atoms with van der Waals surface area (Å²) in [6.45, 7) is 3.12. The van der Waals surface area contributed by atoms with E-state index in [1.807, 2.05) is 25.1 Å². The van der Waals surface area contributed by atoms with Crippen LogP contribution in [0.15, 0.2) is 36.7 Å². The number of rotatable bonds is 4. The molecular weight excluding hydrogens is 343 g/mol. The Hall–Kier alpha value is -2.35. The highest BCUT2D eigenvalue weighted by molar-refractivity contribution is 5.49. The summed E-state index contributed by atoms with van der Waals surface area (Å²) in [5, 5.41) is 0. The number of anilines is 2. The van der Waals surface area contributed by atoms with Crippen LogP contribution in [-0.2, 0) is 12.7 Å². The zero-order valence-corrected chi connectivity index (χ0v) is 14.9. The Kier molecular flexibility index (Phi) is 5.31. The molecule has 2 aromatic rings. The van der Waals surface area contributed by atoms with Crippen molar-refractivity contribution in [2.75, 3.05) is 50.1 Å². The minimum absolute atomic E-state index is 0.302. The van der Waals surface area contributed by atoms with Crippen LogP contribution in [0.1, 0.15) is 11.1 Å². The molecule has 1 saturated heterocycles. The first-order valence-electron chi connectivity index (χ1n) is 8.46. The first-order valence-corrected chi connectivity index (χ1v) is 8.46. The van der Waals surface area contributed by atoms with Gasteiger partial charge in [0.2, 0.25) is 0 Å². The second-order valence-electron chi connectivity index (χ2n) is 6.55. The molecule has 1 aliphatic rings. The van der Waals surface area contributed by atoms with Gasteiger partial charge in [0.25, 0.3) is 0 Å². The van der Waals surface area contributed by atoms with E-state index in [0.717, 1.165) is 30.8 Å². The predicted molar refractivity (Wildman–Crippen MR) is 95.3 cm³/mol. The van der Waals surface area contributed by atoms with E-state index in [1.54, 1.807) is 12.1 Å². The van der Waals surface area contributed by atoms with Crippen molar-refractivity contribution in [2.45, 2.75) is 12.7 Å². The lowest BCUT2D eigenvalue weighted by Gasteiger charge is -2.35. The third-order valence-electron chi connectivity index (χ3n) is 4.51. The monoisotopic (exact) mass is 365 g/mol. The van der Waals surface area contributed by atoms with Crippen LogP contribution in [0.2, 0.25) is 0 Å². The predicted octanol–water partition coefficient (Wildman–Crippen LogP) is 2.88. The van der Waals surface area contributed by atoms with Crippen molar-refractivity contribution in [3.63, 3.8) is 0 Å². The Bertz CT molecular complexity index is 740. The molecule has 0 unspecified atom stereocenters. The Labute approximate surface area is 151 Å². The first-order chi connectivity index (χ1) is 12.3. The number of benzene rings is 1. The fourth-order valence-corrected chi connectivity index (χ4v) is 3.07. The van der Waals surface area contributed by atoms with Crippen LogP contribution in [-0.4, -0.2) is 55.1 Å². The molecule has 0 spiro atoms.